The Morgan fingerprint density at radius 2 is 2.36 bits per heavy atom. The number of H-pyrrole nitrogens is 1. The molecule has 4 rings (SSSR count). The number of rotatable bonds is 2. The summed E-state index contributed by atoms with van der Waals surface area (Å²) in [5.74, 6) is -0.0471. The lowest BCUT2D eigenvalue weighted by molar-refractivity contribution is -0.216. The molecular formula is C12H15N5O5. The van der Waals surface area contributed by atoms with Crippen LogP contribution in [0.15, 0.2) is 11.1 Å². The van der Waals surface area contributed by atoms with Gasteiger partial charge in [-0.3, -0.25) is 14.3 Å². The van der Waals surface area contributed by atoms with Crippen LogP contribution in [0.5, 0.6) is 0 Å². The van der Waals surface area contributed by atoms with E-state index in [1.807, 2.05) is 0 Å². The molecule has 2 aliphatic heterocycles. The third-order valence-corrected chi connectivity index (χ3v) is 4.45. The Labute approximate surface area is 123 Å². The van der Waals surface area contributed by atoms with Crippen LogP contribution in [0, 0.1) is 0 Å². The molecule has 0 aliphatic carbocycles. The van der Waals surface area contributed by atoms with Crippen molar-refractivity contribution in [3.8, 4) is 0 Å². The van der Waals surface area contributed by atoms with Crippen molar-refractivity contribution in [3.63, 3.8) is 0 Å². The summed E-state index contributed by atoms with van der Waals surface area (Å²) in [6.07, 6.45) is -1.51. The van der Waals surface area contributed by atoms with Gasteiger partial charge < -0.3 is 25.4 Å². The lowest BCUT2D eigenvalue weighted by Crippen LogP contribution is -2.49. The van der Waals surface area contributed by atoms with E-state index in [0.717, 1.165) is 0 Å². The van der Waals surface area contributed by atoms with Gasteiger partial charge in [0.2, 0.25) is 5.95 Å². The van der Waals surface area contributed by atoms with Crippen LogP contribution in [-0.2, 0) is 9.47 Å². The molecule has 2 aromatic rings. The number of hydrogen-bond donors (Lipinski definition) is 4. The van der Waals surface area contributed by atoms with E-state index in [0.29, 0.717) is 0 Å². The normalized spacial score (nSPS) is 37.2. The molecule has 2 fully saturated rings. The van der Waals surface area contributed by atoms with E-state index in [9.17, 15) is 15.0 Å². The zero-order valence-corrected chi connectivity index (χ0v) is 11.6. The molecule has 0 amide bonds. The summed E-state index contributed by atoms with van der Waals surface area (Å²) in [5, 5.41) is 20.0. The minimum atomic E-state index is -1.20. The number of aliphatic hydroxyl groups excluding tert-OH is 2. The van der Waals surface area contributed by atoms with E-state index in [1.54, 1.807) is 6.92 Å². The lowest BCUT2D eigenvalue weighted by atomic mass is 9.95. The van der Waals surface area contributed by atoms with Crippen LogP contribution in [0.25, 0.3) is 11.2 Å². The minimum absolute atomic E-state index is 0.0471. The Kier molecular flexibility index (Phi) is 2.64. The second-order valence-corrected chi connectivity index (χ2v) is 5.58. The van der Waals surface area contributed by atoms with Gasteiger partial charge >= 0.3 is 0 Å². The average Bonchev–Trinajstić information content (AvgIpc) is 3.08. The Morgan fingerprint density at radius 3 is 3.05 bits per heavy atom. The van der Waals surface area contributed by atoms with E-state index in [1.165, 1.54) is 10.9 Å². The van der Waals surface area contributed by atoms with Crippen LogP contribution in [0.4, 0.5) is 5.95 Å². The SMILES string of the molecule is C[C@@H]1O[C@H]2[C@H](n3cnc4c(=O)[nH]c(N)nc43)O[C@]1(CO)[C@H]2O. The molecule has 2 bridgehead atoms. The maximum absolute atomic E-state index is 11.8. The van der Waals surface area contributed by atoms with Crippen molar-refractivity contribution in [2.24, 2.45) is 0 Å². The number of fused-ring (bicyclic) bond motifs is 3. The van der Waals surface area contributed by atoms with Crippen molar-refractivity contribution in [1.82, 2.24) is 19.5 Å². The molecule has 5 atom stereocenters. The van der Waals surface area contributed by atoms with Gasteiger partial charge in [0, 0.05) is 0 Å². The first-order valence-electron chi connectivity index (χ1n) is 6.82. The van der Waals surface area contributed by atoms with Gasteiger partial charge in [-0.25, -0.2) is 4.98 Å². The van der Waals surface area contributed by atoms with Crippen LogP contribution >= 0.6 is 0 Å². The largest absolute Gasteiger partial charge is 0.393 e. The van der Waals surface area contributed by atoms with Crippen LogP contribution in [0.2, 0.25) is 0 Å². The van der Waals surface area contributed by atoms with E-state index < -0.39 is 35.7 Å². The van der Waals surface area contributed by atoms with E-state index in [4.69, 9.17) is 15.2 Å². The highest BCUT2D eigenvalue weighted by Gasteiger charge is 2.65. The summed E-state index contributed by atoms with van der Waals surface area (Å²) in [4.78, 5) is 22.2. The highest BCUT2D eigenvalue weighted by atomic mass is 16.7. The van der Waals surface area contributed by atoms with Crippen molar-refractivity contribution in [1.29, 1.82) is 0 Å². The maximum atomic E-state index is 11.8. The number of aromatic nitrogens is 4. The van der Waals surface area contributed by atoms with Gasteiger partial charge in [-0.1, -0.05) is 0 Å². The van der Waals surface area contributed by atoms with Gasteiger partial charge in [0.25, 0.3) is 5.56 Å². The molecule has 10 nitrogen and oxygen atoms in total. The van der Waals surface area contributed by atoms with Crippen LogP contribution in [0.1, 0.15) is 13.2 Å². The number of aromatic amines is 1. The van der Waals surface area contributed by atoms with Gasteiger partial charge in [-0.15, -0.1) is 0 Å². The summed E-state index contributed by atoms with van der Waals surface area (Å²) >= 11 is 0. The zero-order valence-electron chi connectivity index (χ0n) is 11.6. The average molecular weight is 309 g/mol. The summed E-state index contributed by atoms with van der Waals surface area (Å²) in [7, 11) is 0. The zero-order chi connectivity index (χ0) is 15.6. The molecule has 10 heteroatoms. The predicted molar refractivity (Wildman–Crippen MR) is 72.8 cm³/mol. The molecule has 2 saturated heterocycles. The number of ether oxygens (including phenoxy) is 2. The first-order valence-corrected chi connectivity index (χ1v) is 6.82. The molecule has 4 heterocycles. The number of anilines is 1. The molecule has 0 saturated carbocycles. The standard InChI is InChI=1S/C12H15N5O5/c1-4-12(2-18)7(19)6(21-4)10(22-12)17-3-14-5-8(17)15-11(13)16-9(5)20/h3-4,6-7,10,18-19H,2H2,1H3,(H3,13,15,16,20)/t4-,6+,7-,10+,12-/m0/s1. The first kappa shape index (κ1) is 13.6. The second kappa shape index (κ2) is 4.26. The van der Waals surface area contributed by atoms with Crippen molar-refractivity contribution in [2.75, 3.05) is 12.3 Å². The number of nitrogens with two attached hydrogens (primary N) is 1. The van der Waals surface area contributed by atoms with Crippen molar-refractivity contribution < 1.29 is 19.7 Å². The number of nitrogen functional groups attached to an aromatic ring is 1. The van der Waals surface area contributed by atoms with E-state index in [2.05, 4.69) is 15.0 Å². The Morgan fingerprint density at radius 1 is 1.59 bits per heavy atom. The number of imidazole rings is 1. The maximum Gasteiger partial charge on any atom is 0.280 e. The van der Waals surface area contributed by atoms with Gasteiger partial charge in [0.1, 0.15) is 17.8 Å². The molecule has 22 heavy (non-hydrogen) atoms. The predicted octanol–water partition coefficient (Wildman–Crippen LogP) is -1.89. The molecule has 2 aliphatic rings. The van der Waals surface area contributed by atoms with Gasteiger partial charge in [0.05, 0.1) is 19.0 Å². The van der Waals surface area contributed by atoms with E-state index >= 15 is 0 Å². The topological polar surface area (TPSA) is 149 Å². The molecular weight excluding hydrogens is 294 g/mol. The molecule has 0 aromatic carbocycles. The number of nitrogens with one attached hydrogen (secondary N) is 1. The van der Waals surface area contributed by atoms with Crippen LogP contribution < -0.4 is 11.3 Å². The molecule has 118 valence electrons. The summed E-state index contributed by atoms with van der Waals surface area (Å²) in [5.41, 5.74) is 4.25. The number of nitrogens with zero attached hydrogens (tertiary/aromatic N) is 3. The van der Waals surface area contributed by atoms with Crippen LogP contribution in [-0.4, -0.2) is 60.3 Å². The lowest BCUT2D eigenvalue weighted by Gasteiger charge is -2.34. The van der Waals surface area contributed by atoms with Gasteiger partial charge in [-0.05, 0) is 6.92 Å². The Balaban J connectivity index is 1.84. The summed E-state index contributed by atoms with van der Waals surface area (Å²) < 4.78 is 13.0. The molecule has 0 unspecified atom stereocenters. The Hall–Kier alpha value is -2.01. The first-order chi connectivity index (χ1) is 10.5. The minimum Gasteiger partial charge on any atom is -0.393 e. The Bertz CT molecular complexity index is 803. The van der Waals surface area contributed by atoms with Crippen molar-refractivity contribution >= 4 is 17.1 Å². The fraction of sp³-hybridized carbons (Fsp3) is 0.583. The van der Waals surface area contributed by atoms with Crippen LogP contribution in [0.3, 0.4) is 0 Å². The molecule has 0 radical (unpaired) electrons. The highest BCUT2D eigenvalue weighted by molar-refractivity contribution is 5.70. The number of hydrogen-bond acceptors (Lipinski definition) is 8. The smallest absolute Gasteiger partial charge is 0.280 e. The molecule has 2 aromatic heterocycles. The fourth-order valence-corrected chi connectivity index (χ4v) is 3.23. The highest BCUT2D eigenvalue weighted by Crippen LogP contribution is 2.48. The fourth-order valence-electron chi connectivity index (χ4n) is 3.23. The number of aliphatic hydroxyl groups is 2. The molecule has 0 spiro atoms. The monoisotopic (exact) mass is 309 g/mol. The molecule has 5 N–H and O–H groups in total. The van der Waals surface area contributed by atoms with E-state index in [-0.39, 0.29) is 23.7 Å². The quantitative estimate of drug-likeness (QED) is 0.503. The van der Waals surface area contributed by atoms with Gasteiger partial charge in [0.15, 0.2) is 17.4 Å². The van der Waals surface area contributed by atoms with Crippen molar-refractivity contribution in [2.45, 2.75) is 37.1 Å². The third kappa shape index (κ3) is 1.49. The summed E-state index contributed by atoms with van der Waals surface area (Å²) in [6, 6.07) is 0. The second-order valence-electron chi connectivity index (χ2n) is 5.58. The van der Waals surface area contributed by atoms with Crippen molar-refractivity contribution in [3.05, 3.63) is 16.7 Å². The third-order valence-electron chi connectivity index (χ3n) is 4.45. The summed E-state index contributed by atoms with van der Waals surface area (Å²) in [6.45, 7) is 1.34. The van der Waals surface area contributed by atoms with Gasteiger partial charge in [-0.2, -0.15) is 4.98 Å².